The van der Waals surface area contributed by atoms with Crippen molar-refractivity contribution in [3.8, 4) is 5.69 Å². The number of aromatic nitrogens is 2. The molecule has 116 valence electrons. The maximum Gasteiger partial charge on any atom is 0.275 e. The fraction of sp³-hybridized carbons (Fsp3) is 0.500. The first-order chi connectivity index (χ1) is 10.3. The minimum Gasteiger partial charge on any atom is -0.284 e. The zero-order valence-electron chi connectivity index (χ0n) is 13.5. The predicted molar refractivity (Wildman–Crippen MR) is 84.1 cm³/mol. The SMILES string of the molecule is Cn1c2c(c(=O)n1-c1cccc(F)c1)[C@H]1CC[C@]2(C)C1(C)C. The number of fused-ring (bicyclic) bond motifs is 5. The van der Waals surface area contributed by atoms with E-state index in [2.05, 4.69) is 20.8 Å². The Kier molecular flexibility index (Phi) is 2.46. The number of halogens is 1. The lowest BCUT2D eigenvalue weighted by Crippen LogP contribution is -2.35. The van der Waals surface area contributed by atoms with Crippen molar-refractivity contribution in [3.05, 3.63) is 51.7 Å². The summed E-state index contributed by atoms with van der Waals surface area (Å²) < 4.78 is 17.1. The minimum absolute atomic E-state index is 0.0134. The van der Waals surface area contributed by atoms with Crippen LogP contribution < -0.4 is 5.56 Å². The number of rotatable bonds is 1. The maximum atomic E-state index is 13.6. The van der Waals surface area contributed by atoms with Gasteiger partial charge >= 0.3 is 0 Å². The molecule has 4 rings (SSSR count). The molecule has 1 fully saturated rings. The Morgan fingerprint density at radius 1 is 1.27 bits per heavy atom. The van der Waals surface area contributed by atoms with Gasteiger partial charge in [-0.25, -0.2) is 9.07 Å². The zero-order chi connectivity index (χ0) is 15.9. The van der Waals surface area contributed by atoms with Crippen LogP contribution in [-0.4, -0.2) is 9.36 Å². The molecular weight excluding hydrogens is 279 g/mol. The average molecular weight is 300 g/mol. The molecule has 0 aliphatic heterocycles. The van der Waals surface area contributed by atoms with Gasteiger partial charge in [0.1, 0.15) is 5.82 Å². The van der Waals surface area contributed by atoms with Gasteiger partial charge in [0, 0.05) is 18.0 Å². The topological polar surface area (TPSA) is 26.9 Å². The highest BCUT2D eigenvalue weighted by molar-refractivity contribution is 5.47. The fourth-order valence-corrected chi connectivity index (χ4v) is 4.92. The Bertz CT molecular complexity index is 845. The van der Waals surface area contributed by atoms with Gasteiger partial charge in [0.2, 0.25) is 0 Å². The molecule has 2 atom stereocenters. The molecule has 22 heavy (non-hydrogen) atoms. The smallest absolute Gasteiger partial charge is 0.275 e. The van der Waals surface area contributed by atoms with Crippen LogP contribution in [0.4, 0.5) is 4.39 Å². The summed E-state index contributed by atoms with van der Waals surface area (Å²) in [4.78, 5) is 13.0. The lowest BCUT2D eigenvalue weighted by atomic mass is 9.70. The van der Waals surface area contributed by atoms with Gasteiger partial charge < -0.3 is 0 Å². The van der Waals surface area contributed by atoms with Gasteiger partial charge in [0.05, 0.1) is 11.4 Å². The molecule has 0 N–H and O–H groups in total. The third-order valence-electron chi connectivity index (χ3n) is 6.45. The molecule has 4 heteroatoms. The van der Waals surface area contributed by atoms with Crippen molar-refractivity contribution in [2.24, 2.45) is 12.5 Å². The van der Waals surface area contributed by atoms with Crippen molar-refractivity contribution < 1.29 is 4.39 Å². The number of hydrogen-bond acceptors (Lipinski definition) is 1. The predicted octanol–water partition coefficient (Wildman–Crippen LogP) is 3.49. The molecule has 2 aliphatic rings. The van der Waals surface area contributed by atoms with E-state index in [4.69, 9.17) is 0 Å². The van der Waals surface area contributed by atoms with Crippen LogP contribution in [0.25, 0.3) is 5.69 Å². The summed E-state index contributed by atoms with van der Waals surface area (Å²) in [7, 11) is 1.92. The molecule has 0 amide bonds. The quantitative estimate of drug-likeness (QED) is 0.792. The van der Waals surface area contributed by atoms with Crippen molar-refractivity contribution in [1.82, 2.24) is 9.36 Å². The molecule has 1 saturated carbocycles. The van der Waals surface area contributed by atoms with Gasteiger partial charge in [-0.15, -0.1) is 0 Å². The highest BCUT2D eigenvalue weighted by Gasteiger charge is 2.62. The van der Waals surface area contributed by atoms with Crippen LogP contribution in [0.15, 0.2) is 29.1 Å². The highest BCUT2D eigenvalue weighted by atomic mass is 19.1. The van der Waals surface area contributed by atoms with Gasteiger partial charge in [-0.1, -0.05) is 26.8 Å². The third kappa shape index (κ3) is 1.34. The monoisotopic (exact) mass is 300 g/mol. The average Bonchev–Trinajstić information content (AvgIpc) is 2.91. The van der Waals surface area contributed by atoms with E-state index in [9.17, 15) is 9.18 Å². The summed E-state index contributed by atoms with van der Waals surface area (Å²) >= 11 is 0. The zero-order valence-corrected chi connectivity index (χ0v) is 13.5. The molecule has 0 unspecified atom stereocenters. The van der Waals surface area contributed by atoms with Crippen molar-refractivity contribution >= 4 is 0 Å². The van der Waals surface area contributed by atoms with Crippen LogP contribution in [0.2, 0.25) is 0 Å². The van der Waals surface area contributed by atoms with Crippen molar-refractivity contribution in [1.29, 1.82) is 0 Å². The van der Waals surface area contributed by atoms with E-state index >= 15 is 0 Å². The third-order valence-corrected chi connectivity index (χ3v) is 6.45. The van der Waals surface area contributed by atoms with E-state index in [0.29, 0.717) is 11.6 Å². The van der Waals surface area contributed by atoms with Crippen molar-refractivity contribution in [2.75, 3.05) is 0 Å². The molecule has 0 saturated heterocycles. The molecule has 1 aromatic carbocycles. The van der Waals surface area contributed by atoms with Crippen LogP contribution in [0.1, 0.15) is 50.8 Å². The molecule has 0 spiro atoms. The molecule has 3 nitrogen and oxygen atoms in total. The molecular formula is C18H21FN2O. The summed E-state index contributed by atoms with van der Waals surface area (Å²) in [6.45, 7) is 6.82. The molecule has 2 aliphatic carbocycles. The summed E-state index contributed by atoms with van der Waals surface area (Å²) in [5.74, 6) is -0.0127. The summed E-state index contributed by atoms with van der Waals surface area (Å²) in [5.41, 5.74) is 2.83. The van der Waals surface area contributed by atoms with E-state index < -0.39 is 0 Å². The summed E-state index contributed by atoms with van der Waals surface area (Å²) in [6, 6.07) is 6.26. The van der Waals surface area contributed by atoms with Gasteiger partial charge in [-0.05, 0) is 42.4 Å². The second kappa shape index (κ2) is 3.92. The Balaban J connectivity index is 2.03. The summed E-state index contributed by atoms with van der Waals surface area (Å²) in [5, 5.41) is 0. The van der Waals surface area contributed by atoms with Crippen LogP contribution in [0.5, 0.6) is 0 Å². The summed E-state index contributed by atoms with van der Waals surface area (Å²) in [6.07, 6.45) is 2.18. The molecule has 2 aromatic rings. The second-order valence-electron chi connectivity index (χ2n) is 7.53. The van der Waals surface area contributed by atoms with Crippen LogP contribution >= 0.6 is 0 Å². The van der Waals surface area contributed by atoms with E-state index in [0.717, 1.165) is 24.1 Å². The van der Waals surface area contributed by atoms with Crippen LogP contribution in [0, 0.1) is 11.2 Å². The lowest BCUT2D eigenvalue weighted by Gasteiger charge is -2.36. The molecule has 2 bridgehead atoms. The Morgan fingerprint density at radius 3 is 2.64 bits per heavy atom. The van der Waals surface area contributed by atoms with E-state index in [1.165, 1.54) is 12.1 Å². The Hall–Kier alpha value is -1.84. The van der Waals surface area contributed by atoms with Crippen molar-refractivity contribution in [3.63, 3.8) is 0 Å². The number of nitrogens with zero attached hydrogens (tertiary/aromatic N) is 2. The molecule has 1 aromatic heterocycles. The Morgan fingerprint density at radius 2 is 2.00 bits per heavy atom. The van der Waals surface area contributed by atoms with Gasteiger partial charge in [-0.2, -0.15) is 0 Å². The van der Waals surface area contributed by atoms with Gasteiger partial charge in [-0.3, -0.25) is 9.48 Å². The van der Waals surface area contributed by atoms with Crippen molar-refractivity contribution in [2.45, 2.75) is 44.9 Å². The number of hydrogen-bond donors (Lipinski definition) is 0. The van der Waals surface area contributed by atoms with Crippen LogP contribution in [0.3, 0.4) is 0 Å². The van der Waals surface area contributed by atoms with E-state index in [-0.39, 0.29) is 22.2 Å². The fourth-order valence-electron chi connectivity index (χ4n) is 4.92. The Labute approximate surface area is 129 Å². The highest BCUT2D eigenvalue weighted by Crippen LogP contribution is 2.66. The van der Waals surface area contributed by atoms with E-state index in [1.807, 2.05) is 11.7 Å². The van der Waals surface area contributed by atoms with E-state index in [1.54, 1.807) is 16.8 Å². The lowest BCUT2D eigenvalue weighted by molar-refractivity contribution is 0.218. The first kappa shape index (κ1) is 13.8. The normalized spacial score (nSPS) is 28.1. The molecule has 1 heterocycles. The van der Waals surface area contributed by atoms with Crippen LogP contribution in [-0.2, 0) is 12.5 Å². The molecule has 0 radical (unpaired) electrons. The van der Waals surface area contributed by atoms with Gasteiger partial charge in [0.25, 0.3) is 5.56 Å². The second-order valence-corrected chi connectivity index (χ2v) is 7.53. The first-order valence-electron chi connectivity index (χ1n) is 7.87. The first-order valence-corrected chi connectivity index (χ1v) is 7.87. The number of benzene rings is 1. The standard InChI is InChI=1S/C18H21FN2O/c1-17(2)13-8-9-18(17,3)15-14(13)16(22)21(20(15)4)12-7-5-6-11(19)10-12/h5-7,10,13H,8-9H2,1-4H3/t13-,18+/m1/s1. The minimum atomic E-state index is -0.319. The maximum absolute atomic E-state index is 13.6. The van der Waals surface area contributed by atoms with Gasteiger partial charge in [0.15, 0.2) is 0 Å². The largest absolute Gasteiger partial charge is 0.284 e.